The molecule has 0 unspecified atom stereocenters. The van der Waals surface area contributed by atoms with Crippen molar-refractivity contribution in [2.24, 2.45) is 0 Å². The summed E-state index contributed by atoms with van der Waals surface area (Å²) in [6.45, 7) is 1.21. The normalized spacial score (nSPS) is 14.2. The molecule has 0 N–H and O–H groups in total. The van der Waals surface area contributed by atoms with E-state index < -0.39 is 5.82 Å². The maximum Gasteiger partial charge on any atom is 0.250 e. The van der Waals surface area contributed by atoms with Gasteiger partial charge in [0.05, 0.1) is 10.7 Å². The summed E-state index contributed by atoms with van der Waals surface area (Å²) in [5.74, 6) is 0.473. The van der Waals surface area contributed by atoms with Gasteiger partial charge in [0.25, 0.3) is 5.88 Å². The Bertz CT molecular complexity index is 576. The Kier molecular flexibility index (Phi) is 3.38. The van der Waals surface area contributed by atoms with E-state index in [9.17, 15) is 4.39 Å². The van der Waals surface area contributed by atoms with Crippen LogP contribution in [-0.4, -0.2) is 14.5 Å². The van der Waals surface area contributed by atoms with E-state index in [2.05, 4.69) is 14.5 Å². The second kappa shape index (κ2) is 5.17. The van der Waals surface area contributed by atoms with E-state index in [4.69, 9.17) is 16.3 Å². The van der Waals surface area contributed by atoms with Crippen molar-refractivity contribution in [3.05, 3.63) is 40.8 Å². The summed E-state index contributed by atoms with van der Waals surface area (Å²) in [5.41, 5.74) is 0.799. The van der Waals surface area contributed by atoms with Crippen molar-refractivity contribution >= 4 is 11.6 Å². The van der Waals surface area contributed by atoms with Crippen molar-refractivity contribution < 1.29 is 9.13 Å². The Balaban J connectivity index is 1.70. The van der Waals surface area contributed by atoms with Gasteiger partial charge in [-0.15, -0.1) is 0 Å². The molecular formula is C13H13ClFN3O. The number of ether oxygens (including phenoxy) is 1. The summed E-state index contributed by atoms with van der Waals surface area (Å²) in [6, 6.07) is 1.18. The predicted molar refractivity (Wildman–Crippen MR) is 68.7 cm³/mol. The lowest BCUT2D eigenvalue weighted by Crippen LogP contribution is -2.08. The summed E-state index contributed by atoms with van der Waals surface area (Å²) >= 11 is 5.63. The smallest absolute Gasteiger partial charge is 0.250 e. The zero-order valence-corrected chi connectivity index (χ0v) is 11.0. The molecule has 6 heteroatoms. The molecule has 2 aromatic heterocycles. The lowest BCUT2D eigenvalue weighted by Gasteiger charge is -2.11. The van der Waals surface area contributed by atoms with Crippen LogP contribution in [0, 0.1) is 5.82 Å². The van der Waals surface area contributed by atoms with Crippen LogP contribution in [0.2, 0.25) is 5.02 Å². The molecule has 1 aliphatic rings. The van der Waals surface area contributed by atoms with Gasteiger partial charge in [0.1, 0.15) is 12.4 Å². The van der Waals surface area contributed by atoms with Gasteiger partial charge in [-0.2, -0.15) is 0 Å². The number of nitrogens with zero attached hydrogens (tertiary/aromatic N) is 3. The minimum atomic E-state index is -0.559. The molecule has 3 rings (SSSR count). The molecule has 0 saturated carbocycles. The van der Waals surface area contributed by atoms with Crippen LogP contribution in [-0.2, 0) is 19.6 Å². The van der Waals surface area contributed by atoms with E-state index in [0.29, 0.717) is 0 Å². The molecule has 0 bridgehead atoms. The monoisotopic (exact) mass is 281 g/mol. The van der Waals surface area contributed by atoms with Crippen LogP contribution in [0.5, 0.6) is 5.88 Å². The number of hydrogen-bond acceptors (Lipinski definition) is 3. The standard InChI is InChI=1S/C13H13ClFN3O/c14-9-5-11(15)13(16-6-9)19-8-10-7-18-4-2-1-3-12(18)17-10/h5-7H,1-4,8H2. The summed E-state index contributed by atoms with van der Waals surface area (Å²) in [5, 5.41) is 0.252. The fraction of sp³-hybridized carbons (Fsp3) is 0.385. The van der Waals surface area contributed by atoms with Gasteiger partial charge < -0.3 is 9.30 Å². The van der Waals surface area contributed by atoms with Crippen LogP contribution in [0.3, 0.4) is 0 Å². The molecule has 100 valence electrons. The van der Waals surface area contributed by atoms with E-state index in [0.717, 1.165) is 24.5 Å². The zero-order valence-electron chi connectivity index (χ0n) is 10.3. The highest BCUT2D eigenvalue weighted by Crippen LogP contribution is 2.19. The molecule has 0 spiro atoms. The maximum absolute atomic E-state index is 13.5. The van der Waals surface area contributed by atoms with Crippen molar-refractivity contribution in [1.29, 1.82) is 0 Å². The lowest BCUT2D eigenvalue weighted by atomic mass is 10.2. The molecule has 0 aromatic carbocycles. The van der Waals surface area contributed by atoms with Crippen molar-refractivity contribution in [3.63, 3.8) is 0 Å². The Labute approximate surface area is 115 Å². The summed E-state index contributed by atoms with van der Waals surface area (Å²) in [7, 11) is 0. The summed E-state index contributed by atoms with van der Waals surface area (Å²) < 4.78 is 21.0. The minimum absolute atomic E-state index is 0.0460. The third kappa shape index (κ3) is 2.71. The number of aromatic nitrogens is 3. The highest BCUT2D eigenvalue weighted by molar-refractivity contribution is 6.30. The number of aryl methyl sites for hydroxylation is 2. The zero-order chi connectivity index (χ0) is 13.2. The topological polar surface area (TPSA) is 39.9 Å². The first-order valence-corrected chi connectivity index (χ1v) is 6.59. The Morgan fingerprint density at radius 3 is 3.11 bits per heavy atom. The number of fused-ring (bicyclic) bond motifs is 1. The number of pyridine rings is 1. The average Bonchev–Trinajstić information content (AvgIpc) is 2.80. The van der Waals surface area contributed by atoms with Crippen LogP contribution in [0.4, 0.5) is 4.39 Å². The average molecular weight is 282 g/mol. The van der Waals surface area contributed by atoms with Crippen LogP contribution in [0.15, 0.2) is 18.5 Å². The molecule has 0 amide bonds. The molecule has 0 fully saturated rings. The number of hydrogen-bond donors (Lipinski definition) is 0. The molecule has 0 aliphatic carbocycles. The second-order valence-corrected chi connectivity index (χ2v) is 4.96. The van der Waals surface area contributed by atoms with Gasteiger partial charge in [0.15, 0.2) is 5.82 Å². The molecular weight excluding hydrogens is 269 g/mol. The van der Waals surface area contributed by atoms with Crippen molar-refractivity contribution in [2.75, 3.05) is 0 Å². The minimum Gasteiger partial charge on any atom is -0.469 e. The summed E-state index contributed by atoms with van der Waals surface area (Å²) in [6.07, 6.45) is 6.66. The van der Waals surface area contributed by atoms with Gasteiger partial charge in [-0.3, -0.25) is 0 Å². The quantitative estimate of drug-likeness (QED) is 0.868. The molecule has 3 heterocycles. The van der Waals surface area contributed by atoms with E-state index in [-0.39, 0.29) is 17.5 Å². The Hall–Kier alpha value is -1.62. The van der Waals surface area contributed by atoms with Gasteiger partial charge in [-0.25, -0.2) is 14.4 Å². The van der Waals surface area contributed by atoms with E-state index in [1.807, 2.05) is 6.20 Å². The lowest BCUT2D eigenvalue weighted by molar-refractivity contribution is 0.273. The van der Waals surface area contributed by atoms with Crippen molar-refractivity contribution in [3.8, 4) is 5.88 Å². The first-order valence-electron chi connectivity index (χ1n) is 6.21. The summed E-state index contributed by atoms with van der Waals surface area (Å²) in [4.78, 5) is 8.29. The van der Waals surface area contributed by atoms with E-state index >= 15 is 0 Å². The third-order valence-corrected chi connectivity index (χ3v) is 3.30. The highest BCUT2D eigenvalue weighted by Gasteiger charge is 2.13. The van der Waals surface area contributed by atoms with Crippen LogP contribution in [0.25, 0.3) is 0 Å². The van der Waals surface area contributed by atoms with Crippen LogP contribution < -0.4 is 4.74 Å². The number of rotatable bonds is 3. The largest absolute Gasteiger partial charge is 0.469 e. The van der Waals surface area contributed by atoms with Crippen LogP contribution in [0.1, 0.15) is 24.4 Å². The van der Waals surface area contributed by atoms with Crippen LogP contribution >= 0.6 is 11.6 Å². The SMILES string of the molecule is Fc1cc(Cl)cnc1OCc1cn2c(n1)CCCC2. The van der Waals surface area contributed by atoms with Gasteiger partial charge >= 0.3 is 0 Å². The maximum atomic E-state index is 13.5. The predicted octanol–water partition coefficient (Wildman–Crippen LogP) is 2.99. The van der Waals surface area contributed by atoms with Gasteiger partial charge in [-0.1, -0.05) is 11.6 Å². The van der Waals surface area contributed by atoms with E-state index in [1.54, 1.807) is 0 Å². The molecule has 4 nitrogen and oxygen atoms in total. The van der Waals surface area contributed by atoms with Gasteiger partial charge in [0.2, 0.25) is 0 Å². The van der Waals surface area contributed by atoms with Gasteiger partial charge in [-0.05, 0) is 18.9 Å². The third-order valence-electron chi connectivity index (χ3n) is 3.09. The molecule has 0 saturated heterocycles. The van der Waals surface area contributed by atoms with Crippen molar-refractivity contribution in [2.45, 2.75) is 32.4 Å². The van der Waals surface area contributed by atoms with E-state index in [1.165, 1.54) is 25.1 Å². The second-order valence-electron chi connectivity index (χ2n) is 4.53. The fourth-order valence-corrected chi connectivity index (χ4v) is 2.34. The Morgan fingerprint density at radius 1 is 1.42 bits per heavy atom. The Morgan fingerprint density at radius 2 is 2.32 bits per heavy atom. The number of imidazole rings is 1. The van der Waals surface area contributed by atoms with Gasteiger partial charge in [0, 0.05) is 25.4 Å². The molecule has 2 aromatic rings. The highest BCUT2D eigenvalue weighted by atomic mass is 35.5. The fourth-order valence-electron chi connectivity index (χ4n) is 2.19. The molecule has 19 heavy (non-hydrogen) atoms. The molecule has 0 radical (unpaired) electrons. The number of halogens is 2. The molecule has 1 aliphatic heterocycles. The molecule has 0 atom stereocenters. The van der Waals surface area contributed by atoms with Crippen molar-refractivity contribution in [1.82, 2.24) is 14.5 Å². The first-order chi connectivity index (χ1) is 9.22. The first kappa shape index (κ1) is 12.4.